The predicted molar refractivity (Wildman–Crippen MR) is 78.3 cm³/mol. The van der Waals surface area contributed by atoms with Gasteiger partial charge in [0.05, 0.1) is 5.69 Å². The molecule has 0 saturated heterocycles. The van der Waals surface area contributed by atoms with Crippen LogP contribution in [0.2, 0.25) is 0 Å². The summed E-state index contributed by atoms with van der Waals surface area (Å²) in [6.07, 6.45) is 1.90. The van der Waals surface area contributed by atoms with Crippen molar-refractivity contribution in [1.29, 1.82) is 0 Å². The first-order valence-electron chi connectivity index (χ1n) is 6.52. The van der Waals surface area contributed by atoms with Crippen molar-refractivity contribution in [3.8, 4) is 0 Å². The second kappa shape index (κ2) is 5.30. The van der Waals surface area contributed by atoms with Crippen molar-refractivity contribution >= 4 is 10.9 Å². The minimum absolute atomic E-state index is 0.0442. The Morgan fingerprint density at radius 1 is 1.25 bits per heavy atom. The molecule has 0 aliphatic heterocycles. The van der Waals surface area contributed by atoms with Crippen LogP contribution >= 0.6 is 0 Å². The largest absolute Gasteiger partial charge is 0.322 e. The third-order valence-electron chi connectivity index (χ3n) is 3.22. The number of rotatable bonds is 4. The zero-order valence-electron chi connectivity index (χ0n) is 11.3. The highest BCUT2D eigenvalue weighted by Crippen LogP contribution is 2.09. The summed E-state index contributed by atoms with van der Waals surface area (Å²) in [4.78, 5) is 14.9. The summed E-state index contributed by atoms with van der Waals surface area (Å²) in [5, 5.41) is 8.57. The molecule has 0 spiro atoms. The van der Waals surface area contributed by atoms with Gasteiger partial charge in [-0.1, -0.05) is 18.2 Å². The molecular formula is C15H16N4O. The van der Waals surface area contributed by atoms with Crippen molar-refractivity contribution in [1.82, 2.24) is 20.1 Å². The first-order valence-corrected chi connectivity index (χ1v) is 6.52. The van der Waals surface area contributed by atoms with E-state index in [2.05, 4.69) is 15.4 Å². The number of fused-ring (bicyclic) bond motifs is 1. The standard InChI is InChI=1S/C15H16N4O/c1-19-7-6-13(18-19)10-16-9-12-8-11-4-2-3-5-14(11)17-15(12)20/h2-8,16H,9-10H2,1H3,(H,17,20). The lowest BCUT2D eigenvalue weighted by molar-refractivity contribution is 0.653. The van der Waals surface area contributed by atoms with Crippen LogP contribution in [0.5, 0.6) is 0 Å². The van der Waals surface area contributed by atoms with Crippen LogP contribution < -0.4 is 10.9 Å². The summed E-state index contributed by atoms with van der Waals surface area (Å²) in [6.45, 7) is 1.17. The maximum Gasteiger partial charge on any atom is 0.252 e. The van der Waals surface area contributed by atoms with Crippen molar-refractivity contribution in [2.45, 2.75) is 13.1 Å². The summed E-state index contributed by atoms with van der Waals surface area (Å²) in [6, 6.07) is 11.7. The van der Waals surface area contributed by atoms with Crippen molar-refractivity contribution in [3.05, 3.63) is 64.2 Å². The number of benzene rings is 1. The Labute approximate surface area is 116 Å². The maximum atomic E-state index is 12.0. The normalized spacial score (nSPS) is 11.1. The fourth-order valence-corrected chi connectivity index (χ4v) is 2.21. The lowest BCUT2D eigenvalue weighted by Crippen LogP contribution is -2.21. The van der Waals surface area contributed by atoms with Gasteiger partial charge in [-0.05, 0) is 23.6 Å². The topological polar surface area (TPSA) is 62.7 Å². The summed E-state index contributed by atoms with van der Waals surface area (Å²) in [5.74, 6) is 0. The third kappa shape index (κ3) is 2.62. The molecule has 0 fully saturated rings. The van der Waals surface area contributed by atoms with Gasteiger partial charge in [0.2, 0.25) is 0 Å². The lowest BCUT2D eigenvalue weighted by Gasteiger charge is -2.04. The molecule has 2 N–H and O–H groups in total. The number of nitrogens with one attached hydrogen (secondary N) is 2. The Bertz CT molecular complexity index is 788. The number of aryl methyl sites for hydroxylation is 1. The fraction of sp³-hybridized carbons (Fsp3) is 0.200. The average molecular weight is 268 g/mol. The maximum absolute atomic E-state index is 12.0. The third-order valence-corrected chi connectivity index (χ3v) is 3.22. The first kappa shape index (κ1) is 12.6. The molecule has 3 rings (SSSR count). The molecule has 5 heteroatoms. The Kier molecular flexibility index (Phi) is 3.35. The van der Waals surface area contributed by atoms with E-state index in [0.29, 0.717) is 13.1 Å². The van der Waals surface area contributed by atoms with Crippen LogP contribution in [-0.4, -0.2) is 14.8 Å². The van der Waals surface area contributed by atoms with E-state index in [4.69, 9.17) is 0 Å². The molecule has 2 aromatic heterocycles. The van der Waals surface area contributed by atoms with Crippen LogP contribution in [-0.2, 0) is 20.1 Å². The van der Waals surface area contributed by atoms with E-state index >= 15 is 0 Å². The number of nitrogens with zero attached hydrogens (tertiary/aromatic N) is 2. The minimum atomic E-state index is -0.0442. The number of aromatic amines is 1. The minimum Gasteiger partial charge on any atom is -0.322 e. The number of H-pyrrole nitrogens is 1. The van der Waals surface area contributed by atoms with Crippen LogP contribution in [0.15, 0.2) is 47.4 Å². The Hall–Kier alpha value is -2.40. The predicted octanol–water partition coefficient (Wildman–Crippen LogP) is 1.55. The summed E-state index contributed by atoms with van der Waals surface area (Å²) in [7, 11) is 1.89. The van der Waals surface area contributed by atoms with Crippen LogP contribution in [0.25, 0.3) is 10.9 Å². The smallest absolute Gasteiger partial charge is 0.252 e. The van der Waals surface area contributed by atoms with E-state index < -0.39 is 0 Å². The molecule has 0 aliphatic carbocycles. The van der Waals surface area contributed by atoms with Gasteiger partial charge in [-0.3, -0.25) is 9.48 Å². The van der Waals surface area contributed by atoms with Gasteiger partial charge in [-0.25, -0.2) is 0 Å². The molecule has 102 valence electrons. The molecule has 2 heterocycles. The number of aromatic nitrogens is 3. The molecule has 0 bridgehead atoms. The van der Waals surface area contributed by atoms with E-state index in [-0.39, 0.29) is 5.56 Å². The molecule has 0 aliphatic rings. The molecule has 5 nitrogen and oxygen atoms in total. The van der Waals surface area contributed by atoms with E-state index in [1.165, 1.54) is 0 Å². The van der Waals surface area contributed by atoms with Gasteiger partial charge in [0.25, 0.3) is 5.56 Å². The molecule has 0 unspecified atom stereocenters. The number of hydrogen-bond donors (Lipinski definition) is 2. The fourth-order valence-electron chi connectivity index (χ4n) is 2.21. The molecule has 0 amide bonds. The van der Waals surface area contributed by atoms with Crippen LogP contribution in [0.3, 0.4) is 0 Å². The van der Waals surface area contributed by atoms with Gasteiger partial charge in [0.1, 0.15) is 0 Å². The summed E-state index contributed by atoms with van der Waals surface area (Å²) >= 11 is 0. The Morgan fingerprint density at radius 3 is 2.90 bits per heavy atom. The van der Waals surface area contributed by atoms with E-state index in [1.54, 1.807) is 4.68 Å². The molecule has 1 aromatic carbocycles. The van der Waals surface area contributed by atoms with Gasteiger partial charge in [0.15, 0.2) is 0 Å². The molecular weight excluding hydrogens is 252 g/mol. The van der Waals surface area contributed by atoms with Crippen LogP contribution in [0.4, 0.5) is 0 Å². The van der Waals surface area contributed by atoms with E-state index in [0.717, 1.165) is 22.2 Å². The molecule has 0 saturated carbocycles. The highest BCUT2D eigenvalue weighted by Gasteiger charge is 2.03. The van der Waals surface area contributed by atoms with Gasteiger partial charge in [-0.15, -0.1) is 0 Å². The lowest BCUT2D eigenvalue weighted by atomic mass is 10.1. The van der Waals surface area contributed by atoms with Crippen LogP contribution in [0, 0.1) is 0 Å². The van der Waals surface area contributed by atoms with Crippen molar-refractivity contribution < 1.29 is 0 Å². The highest BCUT2D eigenvalue weighted by atomic mass is 16.1. The van der Waals surface area contributed by atoms with Gasteiger partial charge < -0.3 is 10.3 Å². The van der Waals surface area contributed by atoms with Crippen LogP contribution in [0.1, 0.15) is 11.3 Å². The number of hydrogen-bond acceptors (Lipinski definition) is 3. The average Bonchev–Trinajstić information content (AvgIpc) is 2.85. The van der Waals surface area contributed by atoms with E-state index in [1.807, 2.05) is 49.6 Å². The quantitative estimate of drug-likeness (QED) is 0.754. The number of pyridine rings is 1. The first-order chi connectivity index (χ1) is 9.72. The SMILES string of the molecule is Cn1ccc(CNCc2cc3ccccc3[nH]c2=O)n1. The Morgan fingerprint density at radius 2 is 2.10 bits per heavy atom. The highest BCUT2D eigenvalue weighted by molar-refractivity contribution is 5.78. The summed E-state index contributed by atoms with van der Waals surface area (Å²) in [5.41, 5.74) is 2.52. The van der Waals surface area contributed by atoms with Gasteiger partial charge in [-0.2, -0.15) is 5.10 Å². The van der Waals surface area contributed by atoms with Crippen molar-refractivity contribution in [3.63, 3.8) is 0 Å². The van der Waals surface area contributed by atoms with Crippen molar-refractivity contribution in [2.75, 3.05) is 0 Å². The molecule has 3 aromatic rings. The summed E-state index contributed by atoms with van der Waals surface area (Å²) < 4.78 is 1.76. The van der Waals surface area contributed by atoms with Gasteiger partial charge in [0, 0.05) is 37.4 Å². The van der Waals surface area contributed by atoms with Crippen molar-refractivity contribution in [2.24, 2.45) is 7.05 Å². The van der Waals surface area contributed by atoms with Gasteiger partial charge >= 0.3 is 0 Å². The Balaban J connectivity index is 1.74. The van der Waals surface area contributed by atoms with E-state index in [9.17, 15) is 4.79 Å². The molecule has 20 heavy (non-hydrogen) atoms. The molecule has 0 atom stereocenters. The zero-order chi connectivity index (χ0) is 13.9. The number of para-hydroxylation sites is 1. The zero-order valence-corrected chi connectivity index (χ0v) is 11.3. The molecule has 0 radical (unpaired) electrons. The second-order valence-corrected chi connectivity index (χ2v) is 4.80. The monoisotopic (exact) mass is 268 g/mol. The second-order valence-electron chi connectivity index (χ2n) is 4.80.